The van der Waals surface area contributed by atoms with E-state index >= 15 is 0 Å². The minimum Gasteiger partial charge on any atom is -0.394 e. The van der Waals surface area contributed by atoms with Crippen LogP contribution in [0.4, 0.5) is 0 Å². The lowest BCUT2D eigenvalue weighted by atomic mass is 10.4. The summed E-state index contributed by atoms with van der Waals surface area (Å²) < 4.78 is 10.9. The molecule has 0 aliphatic rings. The fraction of sp³-hybridized carbons (Fsp3) is 1.00. The Morgan fingerprint density at radius 1 is 1.40 bits per heavy atom. The van der Waals surface area contributed by atoms with E-state index in [4.69, 9.17) is 14.6 Å². The van der Waals surface area contributed by atoms with Crippen molar-refractivity contribution in [2.75, 3.05) is 17.8 Å². The molecular formula is C6H13IO3. The molecule has 1 N–H and O–H groups in total. The molecule has 62 valence electrons. The molecule has 0 aromatic carbocycles. The topological polar surface area (TPSA) is 38.7 Å². The van der Waals surface area contributed by atoms with E-state index in [1.807, 2.05) is 13.8 Å². The minimum atomic E-state index is -0.566. The molecule has 0 amide bonds. The van der Waals surface area contributed by atoms with Gasteiger partial charge in [-0.1, -0.05) is 22.6 Å². The zero-order valence-electron chi connectivity index (χ0n) is 6.26. The summed E-state index contributed by atoms with van der Waals surface area (Å²) in [5.74, 6) is -0.566. The first kappa shape index (κ1) is 10.6. The Morgan fingerprint density at radius 3 is 2.40 bits per heavy atom. The lowest BCUT2D eigenvalue weighted by Crippen LogP contribution is -2.29. The molecule has 0 spiro atoms. The van der Waals surface area contributed by atoms with Crippen LogP contribution >= 0.6 is 22.6 Å². The molecule has 0 atom stereocenters. The number of aliphatic hydroxyl groups excluding tert-OH is 1. The highest BCUT2D eigenvalue weighted by Gasteiger charge is 2.16. The number of hydrogen-bond donors (Lipinski definition) is 1. The quantitative estimate of drug-likeness (QED) is 0.457. The van der Waals surface area contributed by atoms with E-state index in [1.165, 1.54) is 0 Å². The molecule has 0 aliphatic heterocycles. The number of hydrogen-bond acceptors (Lipinski definition) is 3. The molecule has 0 aromatic rings. The molecule has 0 fully saturated rings. The molecule has 4 heteroatoms. The van der Waals surface area contributed by atoms with Gasteiger partial charge in [0.15, 0.2) is 5.79 Å². The fourth-order valence-corrected chi connectivity index (χ4v) is 1.21. The largest absolute Gasteiger partial charge is 0.394 e. The van der Waals surface area contributed by atoms with Crippen LogP contribution in [0.1, 0.15) is 13.8 Å². The molecule has 0 aromatic heterocycles. The summed E-state index contributed by atoms with van der Waals surface area (Å²) in [4.78, 5) is 0. The summed E-state index contributed by atoms with van der Waals surface area (Å²) in [5.41, 5.74) is 0. The molecule has 0 unspecified atom stereocenters. The second-order valence-corrected chi connectivity index (χ2v) is 2.85. The molecule has 0 rings (SSSR count). The second kappa shape index (κ2) is 5.29. The fourth-order valence-electron chi connectivity index (χ4n) is 0.464. The van der Waals surface area contributed by atoms with Gasteiger partial charge in [-0.05, 0) is 13.8 Å². The Morgan fingerprint density at radius 2 is 2.00 bits per heavy atom. The highest BCUT2D eigenvalue weighted by atomic mass is 127. The first-order valence-electron chi connectivity index (χ1n) is 3.07. The second-order valence-electron chi connectivity index (χ2n) is 2.23. The highest BCUT2D eigenvalue weighted by Crippen LogP contribution is 2.11. The van der Waals surface area contributed by atoms with Crippen molar-refractivity contribution < 1.29 is 14.6 Å². The average molecular weight is 260 g/mol. The standard InChI is InChI=1S/C6H13IO3/c1-6(2,10-5-7)9-4-3-8/h8H,3-5H2,1-2H3. The van der Waals surface area contributed by atoms with Gasteiger partial charge in [-0.15, -0.1) is 0 Å². The van der Waals surface area contributed by atoms with Gasteiger partial charge in [0, 0.05) is 0 Å². The van der Waals surface area contributed by atoms with Crippen LogP contribution in [0.5, 0.6) is 0 Å². The zero-order chi connectivity index (χ0) is 8.04. The summed E-state index contributed by atoms with van der Waals surface area (Å²) in [6.07, 6.45) is 0. The van der Waals surface area contributed by atoms with E-state index in [-0.39, 0.29) is 6.61 Å². The average Bonchev–Trinajstić information content (AvgIpc) is 1.84. The van der Waals surface area contributed by atoms with Crippen molar-refractivity contribution in [1.29, 1.82) is 0 Å². The van der Waals surface area contributed by atoms with E-state index in [2.05, 4.69) is 22.6 Å². The Kier molecular flexibility index (Phi) is 5.61. The molecular weight excluding hydrogens is 247 g/mol. The number of aliphatic hydroxyl groups is 1. The van der Waals surface area contributed by atoms with Crippen LogP contribution in [0.25, 0.3) is 0 Å². The van der Waals surface area contributed by atoms with Gasteiger partial charge in [0.2, 0.25) is 0 Å². The summed E-state index contributed by atoms with van der Waals surface area (Å²) in [6, 6.07) is 0. The predicted octanol–water partition coefficient (Wildman–Crippen LogP) is 1.14. The van der Waals surface area contributed by atoms with Gasteiger partial charge in [0.25, 0.3) is 0 Å². The Hall–Kier alpha value is 0.610. The van der Waals surface area contributed by atoms with Crippen LogP contribution in [0.2, 0.25) is 0 Å². The smallest absolute Gasteiger partial charge is 0.163 e. The Labute approximate surface area is 74.8 Å². The third-order valence-corrected chi connectivity index (χ3v) is 1.25. The van der Waals surface area contributed by atoms with Crippen LogP contribution in [-0.2, 0) is 9.47 Å². The maximum Gasteiger partial charge on any atom is 0.163 e. The van der Waals surface area contributed by atoms with E-state index in [0.29, 0.717) is 11.2 Å². The summed E-state index contributed by atoms with van der Waals surface area (Å²) in [7, 11) is 0. The Bertz CT molecular complexity index is 85.1. The number of halogens is 1. The summed E-state index contributed by atoms with van der Waals surface area (Å²) in [5, 5.41) is 8.42. The van der Waals surface area contributed by atoms with Crippen molar-refractivity contribution in [2.45, 2.75) is 19.6 Å². The van der Waals surface area contributed by atoms with Crippen LogP contribution in [0.15, 0.2) is 0 Å². The van der Waals surface area contributed by atoms with E-state index < -0.39 is 5.79 Å². The van der Waals surface area contributed by atoms with E-state index in [1.54, 1.807) is 0 Å². The number of ether oxygens (including phenoxy) is 2. The van der Waals surface area contributed by atoms with Crippen molar-refractivity contribution >= 4 is 22.6 Å². The zero-order valence-corrected chi connectivity index (χ0v) is 8.42. The highest BCUT2D eigenvalue weighted by molar-refractivity contribution is 14.1. The maximum atomic E-state index is 8.42. The SMILES string of the molecule is CC(C)(OCI)OCCO. The van der Waals surface area contributed by atoms with Gasteiger partial charge in [-0.3, -0.25) is 0 Å². The minimum absolute atomic E-state index is 0.0357. The summed E-state index contributed by atoms with van der Waals surface area (Å²) >= 11 is 2.10. The number of rotatable bonds is 5. The van der Waals surface area contributed by atoms with Crippen LogP contribution in [0, 0.1) is 0 Å². The number of alkyl halides is 1. The van der Waals surface area contributed by atoms with Crippen molar-refractivity contribution in [3.63, 3.8) is 0 Å². The molecule has 3 nitrogen and oxygen atoms in total. The third kappa shape index (κ3) is 5.40. The van der Waals surface area contributed by atoms with Gasteiger partial charge >= 0.3 is 0 Å². The van der Waals surface area contributed by atoms with Gasteiger partial charge in [0.05, 0.1) is 13.2 Å². The van der Waals surface area contributed by atoms with Gasteiger partial charge < -0.3 is 14.6 Å². The normalized spacial score (nSPS) is 12.0. The Balaban J connectivity index is 3.42. The first-order valence-corrected chi connectivity index (χ1v) is 4.59. The van der Waals surface area contributed by atoms with E-state index in [9.17, 15) is 0 Å². The lowest BCUT2D eigenvalue weighted by Gasteiger charge is -2.23. The van der Waals surface area contributed by atoms with Crippen molar-refractivity contribution in [2.24, 2.45) is 0 Å². The molecule has 0 aliphatic carbocycles. The van der Waals surface area contributed by atoms with Gasteiger partial charge in [0.1, 0.15) is 4.61 Å². The monoisotopic (exact) mass is 260 g/mol. The maximum absolute atomic E-state index is 8.42. The van der Waals surface area contributed by atoms with Crippen molar-refractivity contribution in [1.82, 2.24) is 0 Å². The van der Waals surface area contributed by atoms with Gasteiger partial charge in [-0.2, -0.15) is 0 Å². The van der Waals surface area contributed by atoms with Crippen LogP contribution < -0.4 is 0 Å². The summed E-state index contributed by atoms with van der Waals surface area (Å²) in [6.45, 7) is 4.00. The van der Waals surface area contributed by atoms with Crippen LogP contribution in [-0.4, -0.2) is 28.7 Å². The van der Waals surface area contributed by atoms with E-state index in [0.717, 1.165) is 0 Å². The molecule has 10 heavy (non-hydrogen) atoms. The molecule has 0 saturated carbocycles. The molecule has 0 bridgehead atoms. The van der Waals surface area contributed by atoms with Crippen molar-refractivity contribution in [3.8, 4) is 0 Å². The third-order valence-electron chi connectivity index (χ3n) is 0.943. The van der Waals surface area contributed by atoms with Gasteiger partial charge in [-0.25, -0.2) is 0 Å². The van der Waals surface area contributed by atoms with Crippen molar-refractivity contribution in [3.05, 3.63) is 0 Å². The lowest BCUT2D eigenvalue weighted by molar-refractivity contribution is -0.203. The first-order chi connectivity index (χ1) is 4.62. The predicted molar refractivity (Wildman–Crippen MR) is 47.1 cm³/mol. The molecule has 0 saturated heterocycles. The molecule has 0 radical (unpaired) electrons. The molecule has 0 heterocycles. The van der Waals surface area contributed by atoms with Crippen LogP contribution in [0.3, 0.4) is 0 Å².